The van der Waals surface area contributed by atoms with E-state index < -0.39 is 0 Å². The number of carbonyl (C=O) groups excluding carboxylic acids is 1. The van der Waals surface area contributed by atoms with Crippen LogP contribution in [-0.4, -0.2) is 15.5 Å². The highest BCUT2D eigenvalue weighted by Crippen LogP contribution is 2.18. The van der Waals surface area contributed by atoms with Gasteiger partial charge in [-0.05, 0) is 17.7 Å². The molecule has 0 aliphatic rings. The molecule has 0 bridgehead atoms. The smallest absolute Gasteiger partial charge is 0.339 e. The van der Waals surface area contributed by atoms with Crippen molar-refractivity contribution in [2.45, 2.75) is 6.61 Å². The summed E-state index contributed by atoms with van der Waals surface area (Å²) >= 11 is 0. The van der Waals surface area contributed by atoms with Gasteiger partial charge < -0.3 is 9.30 Å². The van der Waals surface area contributed by atoms with Gasteiger partial charge in [0, 0.05) is 24.8 Å². The number of hydrogen-bond donors (Lipinski definition) is 0. The third-order valence-corrected chi connectivity index (χ3v) is 3.20. The van der Waals surface area contributed by atoms with Crippen LogP contribution >= 0.6 is 0 Å². The Labute approximate surface area is 116 Å². The number of fused-ring (bicyclic) bond motifs is 1. The zero-order chi connectivity index (χ0) is 13.9. The molecule has 3 rings (SSSR count). The van der Waals surface area contributed by atoms with Crippen LogP contribution in [0.15, 0.2) is 54.9 Å². The van der Waals surface area contributed by atoms with Gasteiger partial charge >= 0.3 is 5.97 Å². The number of hydrogen-bond acceptors (Lipinski definition) is 3. The van der Waals surface area contributed by atoms with Crippen LogP contribution in [0.4, 0.5) is 0 Å². The van der Waals surface area contributed by atoms with E-state index in [0.717, 1.165) is 16.6 Å². The first-order valence-electron chi connectivity index (χ1n) is 6.37. The molecule has 0 atom stereocenters. The summed E-state index contributed by atoms with van der Waals surface area (Å²) in [5.74, 6) is -0.326. The van der Waals surface area contributed by atoms with Crippen molar-refractivity contribution in [2.75, 3.05) is 0 Å². The number of carbonyl (C=O) groups is 1. The number of aryl methyl sites for hydroxylation is 1. The minimum absolute atomic E-state index is 0.274. The third kappa shape index (κ3) is 2.28. The Morgan fingerprint density at radius 2 is 2.00 bits per heavy atom. The second-order valence-corrected chi connectivity index (χ2v) is 4.58. The molecule has 0 spiro atoms. The molecule has 100 valence electrons. The van der Waals surface area contributed by atoms with Crippen LogP contribution < -0.4 is 0 Å². The van der Waals surface area contributed by atoms with Gasteiger partial charge in [-0.15, -0.1) is 0 Å². The highest BCUT2D eigenvalue weighted by molar-refractivity contribution is 6.02. The fourth-order valence-electron chi connectivity index (χ4n) is 2.14. The fourth-order valence-corrected chi connectivity index (χ4v) is 2.14. The van der Waals surface area contributed by atoms with Crippen molar-refractivity contribution in [2.24, 2.45) is 7.05 Å². The van der Waals surface area contributed by atoms with Gasteiger partial charge in [0.1, 0.15) is 12.3 Å². The van der Waals surface area contributed by atoms with Crippen molar-refractivity contribution in [1.29, 1.82) is 0 Å². The van der Waals surface area contributed by atoms with Gasteiger partial charge in [0.2, 0.25) is 0 Å². The molecule has 0 unspecified atom stereocenters. The summed E-state index contributed by atoms with van der Waals surface area (Å²) in [5, 5.41) is 0.813. The Morgan fingerprint density at radius 1 is 1.20 bits per heavy atom. The number of esters is 1. The van der Waals surface area contributed by atoms with Crippen molar-refractivity contribution >= 4 is 17.0 Å². The highest BCUT2D eigenvalue weighted by Gasteiger charge is 2.13. The largest absolute Gasteiger partial charge is 0.457 e. The lowest BCUT2D eigenvalue weighted by Gasteiger charge is -2.06. The predicted octanol–water partition coefficient (Wildman–Crippen LogP) is 2.93. The molecule has 0 radical (unpaired) electrons. The Morgan fingerprint density at radius 3 is 2.80 bits per heavy atom. The molecule has 2 heterocycles. The molecule has 1 aromatic carbocycles. The van der Waals surface area contributed by atoms with Gasteiger partial charge in [0.15, 0.2) is 0 Å². The molecule has 0 fully saturated rings. The van der Waals surface area contributed by atoms with Crippen molar-refractivity contribution in [3.05, 3.63) is 66.0 Å². The van der Waals surface area contributed by atoms with Crippen LogP contribution in [-0.2, 0) is 18.4 Å². The zero-order valence-corrected chi connectivity index (χ0v) is 11.1. The summed E-state index contributed by atoms with van der Waals surface area (Å²) in [6, 6.07) is 13.2. The summed E-state index contributed by atoms with van der Waals surface area (Å²) < 4.78 is 7.23. The molecule has 0 saturated carbocycles. The minimum Gasteiger partial charge on any atom is -0.457 e. The SMILES string of the molecule is Cn1ccc2c(C(=O)OCc3ccccc3)ccnc21. The molecule has 2 aromatic heterocycles. The van der Waals surface area contributed by atoms with Gasteiger partial charge in [-0.3, -0.25) is 0 Å². The van der Waals surface area contributed by atoms with E-state index in [4.69, 9.17) is 4.74 Å². The van der Waals surface area contributed by atoms with Gasteiger partial charge in [-0.25, -0.2) is 9.78 Å². The predicted molar refractivity (Wildman–Crippen MR) is 76.3 cm³/mol. The average molecular weight is 266 g/mol. The summed E-state index contributed by atoms with van der Waals surface area (Å²) in [6.45, 7) is 0.274. The van der Waals surface area contributed by atoms with Crippen molar-refractivity contribution in [3.63, 3.8) is 0 Å². The van der Waals surface area contributed by atoms with E-state index in [1.807, 2.05) is 54.2 Å². The monoisotopic (exact) mass is 266 g/mol. The van der Waals surface area contributed by atoms with E-state index in [9.17, 15) is 4.79 Å². The summed E-state index contributed by atoms with van der Waals surface area (Å²) in [6.07, 6.45) is 3.51. The van der Waals surface area contributed by atoms with E-state index in [2.05, 4.69) is 4.98 Å². The molecular weight excluding hydrogens is 252 g/mol. The maximum absolute atomic E-state index is 12.2. The standard InChI is InChI=1S/C16H14N2O2/c1-18-10-8-13-14(7-9-17-15(13)18)16(19)20-11-12-5-3-2-4-6-12/h2-10H,11H2,1H3. The number of benzene rings is 1. The first-order chi connectivity index (χ1) is 9.75. The van der Waals surface area contributed by atoms with E-state index in [1.54, 1.807) is 12.3 Å². The Balaban J connectivity index is 1.82. The normalized spacial score (nSPS) is 10.7. The second-order valence-electron chi connectivity index (χ2n) is 4.58. The van der Waals surface area contributed by atoms with Gasteiger partial charge in [-0.1, -0.05) is 30.3 Å². The highest BCUT2D eigenvalue weighted by atomic mass is 16.5. The lowest BCUT2D eigenvalue weighted by atomic mass is 10.2. The first kappa shape index (κ1) is 12.4. The van der Waals surface area contributed by atoms with Crippen LogP contribution in [0.3, 0.4) is 0 Å². The topological polar surface area (TPSA) is 44.1 Å². The first-order valence-corrected chi connectivity index (χ1v) is 6.37. The molecule has 4 heteroatoms. The van der Waals surface area contributed by atoms with Crippen LogP contribution in [0, 0.1) is 0 Å². The number of ether oxygens (including phenoxy) is 1. The van der Waals surface area contributed by atoms with Gasteiger partial charge in [-0.2, -0.15) is 0 Å². The Kier molecular flexibility index (Phi) is 3.21. The average Bonchev–Trinajstić information content (AvgIpc) is 2.87. The van der Waals surface area contributed by atoms with E-state index in [1.165, 1.54) is 0 Å². The van der Waals surface area contributed by atoms with Crippen LogP contribution in [0.1, 0.15) is 15.9 Å². The number of rotatable bonds is 3. The molecule has 4 nitrogen and oxygen atoms in total. The third-order valence-electron chi connectivity index (χ3n) is 3.20. The maximum Gasteiger partial charge on any atom is 0.339 e. The molecule has 0 aliphatic carbocycles. The maximum atomic E-state index is 12.2. The number of nitrogens with zero attached hydrogens (tertiary/aromatic N) is 2. The van der Waals surface area contributed by atoms with Crippen molar-refractivity contribution in [1.82, 2.24) is 9.55 Å². The van der Waals surface area contributed by atoms with E-state index in [0.29, 0.717) is 5.56 Å². The van der Waals surface area contributed by atoms with Crippen LogP contribution in [0.25, 0.3) is 11.0 Å². The number of pyridine rings is 1. The minimum atomic E-state index is -0.326. The van der Waals surface area contributed by atoms with Crippen molar-refractivity contribution in [3.8, 4) is 0 Å². The lowest BCUT2D eigenvalue weighted by molar-refractivity contribution is 0.0475. The fraction of sp³-hybridized carbons (Fsp3) is 0.125. The van der Waals surface area contributed by atoms with Gasteiger partial charge in [0.25, 0.3) is 0 Å². The quantitative estimate of drug-likeness (QED) is 0.685. The lowest BCUT2D eigenvalue weighted by Crippen LogP contribution is -2.06. The Bertz CT molecular complexity index is 748. The molecule has 0 aliphatic heterocycles. The summed E-state index contributed by atoms with van der Waals surface area (Å²) in [4.78, 5) is 16.4. The van der Waals surface area contributed by atoms with Gasteiger partial charge in [0.05, 0.1) is 5.56 Å². The van der Waals surface area contributed by atoms with E-state index >= 15 is 0 Å². The van der Waals surface area contributed by atoms with E-state index in [-0.39, 0.29) is 12.6 Å². The number of aromatic nitrogens is 2. The summed E-state index contributed by atoms with van der Waals surface area (Å²) in [7, 11) is 1.90. The van der Waals surface area contributed by atoms with Crippen LogP contribution in [0.5, 0.6) is 0 Å². The molecule has 0 N–H and O–H groups in total. The van der Waals surface area contributed by atoms with Crippen molar-refractivity contribution < 1.29 is 9.53 Å². The molecule has 0 saturated heterocycles. The summed E-state index contributed by atoms with van der Waals surface area (Å²) in [5.41, 5.74) is 2.30. The van der Waals surface area contributed by atoms with Crippen LogP contribution in [0.2, 0.25) is 0 Å². The zero-order valence-electron chi connectivity index (χ0n) is 11.1. The second kappa shape index (κ2) is 5.17. The Hall–Kier alpha value is -2.62. The molecule has 3 aromatic rings. The molecular formula is C16H14N2O2. The molecule has 20 heavy (non-hydrogen) atoms. The molecule has 0 amide bonds.